The van der Waals surface area contributed by atoms with E-state index < -0.39 is 0 Å². The van der Waals surface area contributed by atoms with Gasteiger partial charge in [0.25, 0.3) is 0 Å². The highest BCUT2D eigenvalue weighted by Gasteiger charge is 2.33. The first kappa shape index (κ1) is 16.5. The van der Waals surface area contributed by atoms with Crippen LogP contribution in [0.1, 0.15) is 30.4 Å². The van der Waals surface area contributed by atoms with Crippen LogP contribution in [-0.2, 0) is 6.54 Å². The average molecular weight is 330 g/mol. The third-order valence-electron chi connectivity index (χ3n) is 4.92. The minimum Gasteiger partial charge on any atom is -0.393 e. The normalized spacial score (nSPS) is 23.6. The lowest BCUT2D eigenvalue weighted by Crippen LogP contribution is -2.42. The van der Waals surface area contributed by atoms with E-state index >= 15 is 0 Å². The summed E-state index contributed by atoms with van der Waals surface area (Å²) in [5, 5.41) is 11.0. The summed E-state index contributed by atoms with van der Waals surface area (Å²) in [4.78, 5) is 2.49. The minimum atomic E-state index is -0.283. The van der Waals surface area contributed by atoms with E-state index in [-0.39, 0.29) is 6.10 Å². The third kappa shape index (κ3) is 4.14. The molecule has 122 valence electrons. The number of aliphatic hydroxyl groups is 1. The van der Waals surface area contributed by atoms with E-state index in [1.807, 2.05) is 19.1 Å². The van der Waals surface area contributed by atoms with Gasteiger partial charge in [-0.1, -0.05) is 54.1 Å². The van der Waals surface area contributed by atoms with Crippen molar-refractivity contribution < 1.29 is 5.11 Å². The molecule has 0 aliphatic carbocycles. The van der Waals surface area contributed by atoms with Gasteiger partial charge in [0, 0.05) is 24.0 Å². The molecule has 3 atom stereocenters. The van der Waals surface area contributed by atoms with Gasteiger partial charge < -0.3 is 5.11 Å². The summed E-state index contributed by atoms with van der Waals surface area (Å²) in [6, 6.07) is 18.7. The molecule has 1 fully saturated rings. The van der Waals surface area contributed by atoms with Crippen LogP contribution in [-0.4, -0.2) is 29.2 Å². The maximum absolute atomic E-state index is 10.2. The Labute approximate surface area is 143 Å². The lowest BCUT2D eigenvalue weighted by atomic mass is 9.78. The van der Waals surface area contributed by atoms with E-state index in [9.17, 15) is 5.11 Å². The SMILES string of the molecule is C[C@@H](O)C1CCN(Cc2ccccc2)C[C@@H]1c1ccc(Cl)cc1. The second-order valence-corrected chi connectivity index (χ2v) is 7.01. The smallest absolute Gasteiger partial charge is 0.0547 e. The number of nitrogens with zero attached hydrogens (tertiary/aromatic N) is 1. The summed E-state index contributed by atoms with van der Waals surface area (Å²) >= 11 is 6.03. The zero-order valence-corrected chi connectivity index (χ0v) is 14.3. The molecule has 23 heavy (non-hydrogen) atoms. The van der Waals surface area contributed by atoms with Gasteiger partial charge in [-0.05, 0) is 49.1 Å². The summed E-state index contributed by atoms with van der Waals surface area (Å²) in [7, 11) is 0. The molecule has 0 amide bonds. The number of rotatable bonds is 4. The molecule has 2 aromatic carbocycles. The van der Waals surface area contributed by atoms with E-state index in [4.69, 9.17) is 11.6 Å². The Bertz CT molecular complexity index is 611. The van der Waals surface area contributed by atoms with Gasteiger partial charge in [0.05, 0.1) is 6.10 Å². The van der Waals surface area contributed by atoms with E-state index in [0.29, 0.717) is 11.8 Å². The maximum atomic E-state index is 10.2. The topological polar surface area (TPSA) is 23.5 Å². The molecule has 0 aromatic heterocycles. The molecule has 0 bridgehead atoms. The summed E-state index contributed by atoms with van der Waals surface area (Å²) < 4.78 is 0. The molecular weight excluding hydrogens is 306 g/mol. The molecule has 2 nitrogen and oxygen atoms in total. The van der Waals surface area contributed by atoms with Crippen LogP contribution in [0.25, 0.3) is 0 Å². The first-order chi connectivity index (χ1) is 11.1. The molecule has 3 rings (SSSR count). The molecule has 2 aromatic rings. The van der Waals surface area contributed by atoms with E-state index in [1.165, 1.54) is 11.1 Å². The molecule has 0 radical (unpaired) electrons. The predicted octanol–water partition coefficient (Wildman–Crippen LogP) is 4.33. The Balaban J connectivity index is 1.77. The molecule has 0 saturated carbocycles. The van der Waals surface area contributed by atoms with Gasteiger partial charge in [0.15, 0.2) is 0 Å². The number of benzene rings is 2. The largest absolute Gasteiger partial charge is 0.393 e. The van der Waals surface area contributed by atoms with Crippen LogP contribution in [0, 0.1) is 5.92 Å². The molecule has 1 N–H and O–H groups in total. The highest BCUT2D eigenvalue weighted by molar-refractivity contribution is 6.30. The zero-order valence-electron chi connectivity index (χ0n) is 13.5. The Hall–Kier alpha value is -1.35. The average Bonchev–Trinajstić information content (AvgIpc) is 2.56. The quantitative estimate of drug-likeness (QED) is 0.902. The number of hydrogen-bond donors (Lipinski definition) is 1. The fourth-order valence-electron chi connectivity index (χ4n) is 3.66. The molecular formula is C20H24ClNO. The first-order valence-corrected chi connectivity index (χ1v) is 8.71. The molecule has 1 aliphatic rings. The molecule has 3 heteroatoms. The minimum absolute atomic E-state index is 0.283. The summed E-state index contributed by atoms with van der Waals surface area (Å²) in [6.07, 6.45) is 0.743. The van der Waals surface area contributed by atoms with Crippen LogP contribution >= 0.6 is 11.6 Å². The number of hydrogen-bond acceptors (Lipinski definition) is 2. The predicted molar refractivity (Wildman–Crippen MR) is 95.7 cm³/mol. The van der Waals surface area contributed by atoms with Gasteiger partial charge in [0.2, 0.25) is 0 Å². The van der Waals surface area contributed by atoms with Crippen molar-refractivity contribution in [3.05, 3.63) is 70.7 Å². The Morgan fingerprint density at radius 2 is 1.83 bits per heavy atom. The lowest BCUT2D eigenvalue weighted by molar-refractivity contribution is 0.0520. The highest BCUT2D eigenvalue weighted by Crippen LogP contribution is 2.35. The van der Waals surface area contributed by atoms with Gasteiger partial charge >= 0.3 is 0 Å². The Kier molecular flexibility index (Phi) is 5.37. The second kappa shape index (κ2) is 7.48. The number of piperidine rings is 1. The standard InChI is InChI=1S/C20H24ClNO/c1-15(23)19-11-12-22(13-16-5-3-2-4-6-16)14-20(19)17-7-9-18(21)10-8-17/h2-10,15,19-20,23H,11-14H2,1H3/t15-,19?,20-/m1/s1. The van der Waals surface area contributed by atoms with Crippen molar-refractivity contribution in [2.45, 2.75) is 31.9 Å². The maximum Gasteiger partial charge on any atom is 0.0547 e. The van der Waals surface area contributed by atoms with E-state index in [0.717, 1.165) is 31.1 Å². The summed E-state index contributed by atoms with van der Waals surface area (Å²) in [5.74, 6) is 0.660. The second-order valence-electron chi connectivity index (χ2n) is 6.57. The van der Waals surface area contributed by atoms with Crippen molar-refractivity contribution in [1.82, 2.24) is 4.90 Å². The third-order valence-corrected chi connectivity index (χ3v) is 5.17. The number of aliphatic hydroxyl groups excluding tert-OH is 1. The zero-order chi connectivity index (χ0) is 16.2. The molecule has 0 spiro atoms. The van der Waals surface area contributed by atoms with Crippen LogP contribution in [0.2, 0.25) is 5.02 Å². The van der Waals surface area contributed by atoms with Crippen molar-refractivity contribution in [2.24, 2.45) is 5.92 Å². The summed E-state index contributed by atoms with van der Waals surface area (Å²) in [6.45, 7) is 4.90. The molecule has 1 heterocycles. The van der Waals surface area contributed by atoms with Gasteiger partial charge in [-0.15, -0.1) is 0 Å². The van der Waals surface area contributed by atoms with Crippen molar-refractivity contribution in [1.29, 1.82) is 0 Å². The molecule has 1 saturated heterocycles. The monoisotopic (exact) mass is 329 g/mol. The van der Waals surface area contributed by atoms with E-state index in [1.54, 1.807) is 0 Å². The Morgan fingerprint density at radius 3 is 2.48 bits per heavy atom. The van der Waals surface area contributed by atoms with Crippen molar-refractivity contribution in [2.75, 3.05) is 13.1 Å². The fourth-order valence-corrected chi connectivity index (χ4v) is 3.79. The molecule has 1 unspecified atom stereocenters. The van der Waals surface area contributed by atoms with Crippen LogP contribution in [0.5, 0.6) is 0 Å². The lowest BCUT2D eigenvalue weighted by Gasteiger charge is -2.40. The van der Waals surface area contributed by atoms with Crippen molar-refractivity contribution >= 4 is 11.6 Å². The Morgan fingerprint density at radius 1 is 1.13 bits per heavy atom. The van der Waals surface area contributed by atoms with Gasteiger partial charge in [-0.25, -0.2) is 0 Å². The summed E-state index contributed by atoms with van der Waals surface area (Å²) in [5.41, 5.74) is 2.62. The van der Waals surface area contributed by atoms with E-state index in [2.05, 4.69) is 47.4 Å². The van der Waals surface area contributed by atoms with Crippen LogP contribution < -0.4 is 0 Å². The van der Waals surface area contributed by atoms with Gasteiger partial charge in [-0.2, -0.15) is 0 Å². The van der Waals surface area contributed by atoms with Crippen LogP contribution in [0.3, 0.4) is 0 Å². The van der Waals surface area contributed by atoms with Gasteiger partial charge in [-0.3, -0.25) is 4.90 Å². The fraction of sp³-hybridized carbons (Fsp3) is 0.400. The van der Waals surface area contributed by atoms with Gasteiger partial charge in [0.1, 0.15) is 0 Å². The van der Waals surface area contributed by atoms with Crippen LogP contribution in [0.4, 0.5) is 0 Å². The van der Waals surface area contributed by atoms with Crippen molar-refractivity contribution in [3.63, 3.8) is 0 Å². The highest BCUT2D eigenvalue weighted by atomic mass is 35.5. The number of halogens is 1. The number of likely N-dealkylation sites (tertiary alicyclic amines) is 1. The first-order valence-electron chi connectivity index (χ1n) is 8.33. The van der Waals surface area contributed by atoms with Crippen LogP contribution in [0.15, 0.2) is 54.6 Å². The van der Waals surface area contributed by atoms with Crippen molar-refractivity contribution in [3.8, 4) is 0 Å². The molecule has 1 aliphatic heterocycles.